The van der Waals surface area contributed by atoms with Crippen molar-refractivity contribution in [3.05, 3.63) is 70.2 Å². The molecule has 0 aliphatic heterocycles. The molecule has 1 heterocycles. The normalized spacial score (nSPS) is 12.8. The highest BCUT2D eigenvalue weighted by molar-refractivity contribution is 7.15. The molecule has 0 aliphatic rings. The SMILES string of the molecule is Cc1cccc(C(O)c2nnc(Nc3cccc(C(F)(F)F)c3)s2)c1. The molecule has 130 valence electrons. The van der Waals surface area contributed by atoms with Crippen LogP contribution in [-0.4, -0.2) is 15.3 Å². The number of rotatable bonds is 4. The van der Waals surface area contributed by atoms with Gasteiger partial charge in [0.25, 0.3) is 0 Å². The van der Waals surface area contributed by atoms with Crippen molar-refractivity contribution in [2.75, 3.05) is 5.32 Å². The minimum atomic E-state index is -4.41. The molecule has 0 amide bonds. The van der Waals surface area contributed by atoms with E-state index in [9.17, 15) is 18.3 Å². The van der Waals surface area contributed by atoms with Crippen LogP contribution >= 0.6 is 11.3 Å². The van der Waals surface area contributed by atoms with Gasteiger partial charge in [-0.15, -0.1) is 10.2 Å². The fraction of sp³-hybridized carbons (Fsp3) is 0.176. The van der Waals surface area contributed by atoms with E-state index < -0.39 is 17.8 Å². The number of aromatic nitrogens is 2. The van der Waals surface area contributed by atoms with E-state index in [4.69, 9.17) is 0 Å². The van der Waals surface area contributed by atoms with E-state index in [-0.39, 0.29) is 5.69 Å². The van der Waals surface area contributed by atoms with Crippen LogP contribution in [0.5, 0.6) is 0 Å². The van der Waals surface area contributed by atoms with Crippen molar-refractivity contribution in [1.82, 2.24) is 10.2 Å². The number of aliphatic hydroxyl groups excluding tert-OH is 1. The average molecular weight is 365 g/mol. The van der Waals surface area contributed by atoms with Crippen molar-refractivity contribution in [2.45, 2.75) is 19.2 Å². The summed E-state index contributed by atoms with van der Waals surface area (Å²) < 4.78 is 38.3. The molecule has 0 saturated carbocycles. The maximum Gasteiger partial charge on any atom is 0.416 e. The van der Waals surface area contributed by atoms with Crippen molar-refractivity contribution in [2.24, 2.45) is 0 Å². The lowest BCUT2D eigenvalue weighted by atomic mass is 10.1. The summed E-state index contributed by atoms with van der Waals surface area (Å²) in [5.41, 5.74) is 1.19. The molecule has 0 spiro atoms. The summed E-state index contributed by atoms with van der Waals surface area (Å²) in [7, 11) is 0. The summed E-state index contributed by atoms with van der Waals surface area (Å²) in [5, 5.41) is 21.6. The van der Waals surface area contributed by atoms with Gasteiger partial charge in [0.2, 0.25) is 5.13 Å². The molecular weight excluding hydrogens is 351 g/mol. The molecule has 2 aromatic carbocycles. The molecule has 0 bridgehead atoms. The first-order valence-corrected chi connectivity index (χ1v) is 8.17. The molecule has 8 heteroatoms. The zero-order valence-electron chi connectivity index (χ0n) is 13.1. The topological polar surface area (TPSA) is 58.0 Å². The molecule has 4 nitrogen and oxygen atoms in total. The number of hydrogen-bond acceptors (Lipinski definition) is 5. The molecule has 0 saturated heterocycles. The maximum absolute atomic E-state index is 12.8. The Morgan fingerprint density at radius 1 is 1.08 bits per heavy atom. The van der Waals surface area contributed by atoms with E-state index in [1.165, 1.54) is 12.1 Å². The van der Waals surface area contributed by atoms with Crippen molar-refractivity contribution >= 4 is 22.2 Å². The standard InChI is InChI=1S/C17H14F3N3OS/c1-10-4-2-5-11(8-10)14(24)15-22-23-16(25-15)21-13-7-3-6-12(9-13)17(18,19)20/h2-9,14,24H,1H3,(H,21,23). The molecular formula is C17H14F3N3OS. The number of anilines is 2. The zero-order chi connectivity index (χ0) is 18.0. The second-order valence-electron chi connectivity index (χ2n) is 5.47. The van der Waals surface area contributed by atoms with Crippen molar-refractivity contribution in [1.29, 1.82) is 0 Å². The monoisotopic (exact) mass is 365 g/mol. The van der Waals surface area contributed by atoms with Gasteiger partial charge < -0.3 is 10.4 Å². The van der Waals surface area contributed by atoms with Crippen LogP contribution in [0.3, 0.4) is 0 Å². The van der Waals surface area contributed by atoms with Crippen LogP contribution in [0.1, 0.15) is 27.8 Å². The average Bonchev–Trinajstić information content (AvgIpc) is 3.02. The third-order valence-corrected chi connectivity index (χ3v) is 4.36. The van der Waals surface area contributed by atoms with E-state index >= 15 is 0 Å². The quantitative estimate of drug-likeness (QED) is 0.704. The summed E-state index contributed by atoms with van der Waals surface area (Å²) in [6.07, 6.45) is -5.35. The van der Waals surface area contributed by atoms with Gasteiger partial charge in [-0.25, -0.2) is 0 Å². The molecule has 0 fully saturated rings. The van der Waals surface area contributed by atoms with E-state index in [2.05, 4.69) is 15.5 Å². The number of aryl methyl sites for hydroxylation is 1. The lowest BCUT2D eigenvalue weighted by Crippen LogP contribution is -2.05. The van der Waals surface area contributed by atoms with Crippen molar-refractivity contribution < 1.29 is 18.3 Å². The number of aliphatic hydroxyl groups is 1. The lowest BCUT2D eigenvalue weighted by Gasteiger charge is -2.09. The molecule has 0 radical (unpaired) electrons. The summed E-state index contributed by atoms with van der Waals surface area (Å²) in [6.45, 7) is 1.91. The highest BCUT2D eigenvalue weighted by Gasteiger charge is 2.30. The van der Waals surface area contributed by atoms with Gasteiger partial charge in [-0.1, -0.05) is 47.2 Å². The Morgan fingerprint density at radius 2 is 1.84 bits per heavy atom. The van der Waals surface area contributed by atoms with Crippen LogP contribution in [0.4, 0.5) is 24.0 Å². The second-order valence-corrected chi connectivity index (χ2v) is 6.47. The van der Waals surface area contributed by atoms with Gasteiger partial charge in [-0.05, 0) is 30.7 Å². The third-order valence-electron chi connectivity index (χ3n) is 3.47. The van der Waals surface area contributed by atoms with Gasteiger partial charge >= 0.3 is 6.18 Å². The summed E-state index contributed by atoms with van der Waals surface area (Å²) in [6, 6.07) is 12.2. The highest BCUT2D eigenvalue weighted by atomic mass is 32.1. The predicted octanol–water partition coefficient (Wildman–Crippen LogP) is 4.69. The fourth-order valence-corrected chi connectivity index (χ4v) is 3.05. The Bertz CT molecular complexity index is 879. The van der Waals surface area contributed by atoms with Gasteiger partial charge in [0.15, 0.2) is 5.01 Å². The number of benzene rings is 2. The van der Waals surface area contributed by atoms with Gasteiger partial charge in [0.1, 0.15) is 6.10 Å². The van der Waals surface area contributed by atoms with Crippen molar-refractivity contribution in [3.63, 3.8) is 0 Å². The van der Waals surface area contributed by atoms with Gasteiger partial charge in [-0.3, -0.25) is 0 Å². The zero-order valence-corrected chi connectivity index (χ0v) is 13.9. The van der Waals surface area contributed by atoms with Gasteiger partial charge in [0.05, 0.1) is 5.56 Å². The smallest absolute Gasteiger partial charge is 0.381 e. The Labute approximate surface area is 146 Å². The molecule has 2 N–H and O–H groups in total. The van der Waals surface area contributed by atoms with Crippen LogP contribution in [-0.2, 0) is 6.18 Å². The van der Waals surface area contributed by atoms with Crippen LogP contribution in [0.15, 0.2) is 48.5 Å². The second kappa shape index (κ2) is 6.81. The van der Waals surface area contributed by atoms with Crippen LogP contribution in [0.2, 0.25) is 0 Å². The van der Waals surface area contributed by atoms with Gasteiger partial charge in [-0.2, -0.15) is 13.2 Å². The number of halogens is 3. The molecule has 1 unspecified atom stereocenters. The first-order chi connectivity index (χ1) is 11.8. The molecule has 0 aliphatic carbocycles. The Kier molecular flexibility index (Phi) is 4.73. The first kappa shape index (κ1) is 17.4. The van der Waals surface area contributed by atoms with Crippen molar-refractivity contribution in [3.8, 4) is 0 Å². The van der Waals surface area contributed by atoms with Crippen LogP contribution < -0.4 is 5.32 Å². The summed E-state index contributed by atoms with van der Waals surface area (Å²) in [5.74, 6) is 0. The third kappa shape index (κ3) is 4.15. The molecule has 3 aromatic rings. The largest absolute Gasteiger partial charge is 0.416 e. The molecule has 1 atom stereocenters. The Morgan fingerprint density at radius 3 is 2.56 bits per heavy atom. The number of nitrogens with one attached hydrogen (secondary N) is 1. The summed E-state index contributed by atoms with van der Waals surface area (Å²) >= 11 is 1.09. The van der Waals surface area contributed by atoms with Crippen LogP contribution in [0, 0.1) is 6.92 Å². The lowest BCUT2D eigenvalue weighted by molar-refractivity contribution is -0.137. The minimum Gasteiger partial charge on any atom is -0.381 e. The highest BCUT2D eigenvalue weighted by Crippen LogP contribution is 2.33. The van der Waals surface area contributed by atoms with E-state index in [1.54, 1.807) is 6.07 Å². The Balaban J connectivity index is 1.78. The Hall–Kier alpha value is -2.45. The minimum absolute atomic E-state index is 0.252. The molecule has 3 rings (SSSR count). The van der Waals surface area contributed by atoms with E-state index in [1.807, 2.05) is 25.1 Å². The van der Waals surface area contributed by atoms with E-state index in [0.717, 1.165) is 29.0 Å². The van der Waals surface area contributed by atoms with E-state index in [0.29, 0.717) is 15.7 Å². The maximum atomic E-state index is 12.8. The molecule has 25 heavy (non-hydrogen) atoms. The summed E-state index contributed by atoms with van der Waals surface area (Å²) in [4.78, 5) is 0. The van der Waals surface area contributed by atoms with Crippen LogP contribution in [0.25, 0.3) is 0 Å². The number of alkyl halides is 3. The molecule has 1 aromatic heterocycles. The number of nitrogens with zero attached hydrogens (tertiary/aromatic N) is 2. The predicted molar refractivity (Wildman–Crippen MR) is 89.9 cm³/mol. The fourth-order valence-electron chi connectivity index (χ4n) is 2.28. The number of hydrogen-bond donors (Lipinski definition) is 2. The van der Waals surface area contributed by atoms with Gasteiger partial charge in [0, 0.05) is 5.69 Å². The first-order valence-electron chi connectivity index (χ1n) is 7.35.